The van der Waals surface area contributed by atoms with Crippen molar-refractivity contribution in [3.05, 3.63) is 181 Å². The van der Waals surface area contributed by atoms with Crippen molar-refractivity contribution in [2.75, 3.05) is 0 Å². The summed E-state index contributed by atoms with van der Waals surface area (Å²) >= 11 is 0. The second kappa shape index (κ2) is 12.5. The zero-order valence-corrected chi connectivity index (χ0v) is 34.8. The molecule has 0 radical (unpaired) electrons. The van der Waals surface area contributed by atoms with Crippen LogP contribution in [0.25, 0.3) is 43.1 Å². The van der Waals surface area contributed by atoms with Crippen molar-refractivity contribution in [1.82, 2.24) is 0 Å². The van der Waals surface area contributed by atoms with E-state index in [1.54, 1.807) is 31.2 Å². The van der Waals surface area contributed by atoms with E-state index in [-0.39, 0.29) is 102 Å². The van der Waals surface area contributed by atoms with Crippen LogP contribution in [0, 0.1) is 42.7 Å². The van der Waals surface area contributed by atoms with Gasteiger partial charge < -0.3 is 0 Å². The van der Waals surface area contributed by atoms with Crippen LogP contribution >= 0.6 is 30.7 Å². The molecule has 0 N–H and O–H groups in total. The summed E-state index contributed by atoms with van der Waals surface area (Å²) in [7, 11) is -31.1. The molecule has 0 aliphatic heterocycles. The first-order valence-corrected chi connectivity index (χ1v) is 23.8. The van der Waals surface area contributed by atoms with Crippen LogP contribution in [0.2, 0.25) is 0 Å². The van der Waals surface area contributed by atoms with Gasteiger partial charge >= 0.3 is 36.5 Å². The molecule has 5 aromatic carbocycles. The van der Waals surface area contributed by atoms with Gasteiger partial charge in [-0.2, -0.15) is 20.2 Å². The molecule has 0 saturated carbocycles. The Kier molecular flexibility index (Phi) is 8.93. The standard InChI is InChI=1S/C43H23F15N4S3/c1-24-4-6-25(7-5-24)40-36(43(61-2)62-3)21-35-39(28-12-18-32(19-13-28)65(54,55,56,57)58)41-34(38(42(35)40)27-10-16-31(17-11-27)64(49,50,51,52)53)20-33(29(22-59)23-60)37(41)26-8-14-30(15-9-26)63(44,45,46,47)48/h4-19H,20-21H2,1H3. The number of nitriles is 2. The second-order valence-corrected chi connectivity index (χ2v) is 22.2. The molecule has 65 heavy (non-hydrogen) atoms. The number of benzene rings is 5. The Morgan fingerprint density at radius 2 is 0.754 bits per heavy atom. The molecular formula is C43H23F15N4S3. The van der Waals surface area contributed by atoms with Crippen LogP contribution in [0.1, 0.15) is 27.8 Å². The number of nitrogens with zero attached hydrogens (tertiary/aromatic N) is 4. The zero-order chi connectivity index (χ0) is 48.3. The van der Waals surface area contributed by atoms with Crippen LogP contribution in [0.5, 0.6) is 0 Å². The van der Waals surface area contributed by atoms with Gasteiger partial charge in [0.2, 0.25) is 0 Å². The molecule has 2 aliphatic rings. The van der Waals surface area contributed by atoms with Crippen molar-refractivity contribution in [3.8, 4) is 34.4 Å². The molecule has 0 bridgehead atoms. The summed E-state index contributed by atoms with van der Waals surface area (Å²) in [5.74, 6) is -0.603. The molecule has 0 spiro atoms. The Balaban J connectivity index is 1.82. The van der Waals surface area contributed by atoms with E-state index in [1.807, 2.05) is 0 Å². The van der Waals surface area contributed by atoms with Gasteiger partial charge in [-0.3, -0.25) is 0 Å². The van der Waals surface area contributed by atoms with Crippen molar-refractivity contribution in [3.63, 3.8) is 0 Å². The zero-order valence-electron chi connectivity index (χ0n) is 32.3. The maximum atomic E-state index is 14.1. The monoisotopic (exact) mass is 976 g/mol. The minimum absolute atomic E-state index is 0.0153. The fourth-order valence-electron chi connectivity index (χ4n) is 7.95. The van der Waals surface area contributed by atoms with Gasteiger partial charge in [0.15, 0.2) is 0 Å². The minimum atomic E-state index is -10.4. The van der Waals surface area contributed by atoms with Gasteiger partial charge in [-0.05, 0) is 121 Å². The normalized spacial score (nSPS) is 17.0. The number of hydrogen-bond donors (Lipinski definition) is 0. The largest absolute Gasteiger partial charge is 0.523 e. The summed E-state index contributed by atoms with van der Waals surface area (Å²) < 4.78 is 211. The highest BCUT2D eigenvalue weighted by Crippen LogP contribution is 3.03. The maximum Gasteiger partial charge on any atom is 0.523 e. The van der Waals surface area contributed by atoms with Gasteiger partial charge in [0.05, 0.1) is 5.57 Å². The van der Waals surface area contributed by atoms with Gasteiger partial charge in [0.1, 0.15) is 45.5 Å². The quantitative estimate of drug-likeness (QED) is 0.0927. The van der Waals surface area contributed by atoms with E-state index in [1.165, 1.54) is 12.1 Å². The van der Waals surface area contributed by atoms with Crippen LogP contribution in [0.3, 0.4) is 0 Å². The van der Waals surface area contributed by atoms with E-state index in [4.69, 9.17) is 13.1 Å². The first-order valence-electron chi connectivity index (χ1n) is 18.0. The highest BCUT2D eigenvalue weighted by Gasteiger charge is 2.67. The fourth-order valence-corrected chi connectivity index (χ4v) is 9.90. The Hall–Kier alpha value is -6.72. The lowest BCUT2D eigenvalue weighted by Gasteiger charge is -2.40. The summed E-state index contributed by atoms with van der Waals surface area (Å²) in [6, 6.07) is 13.0. The summed E-state index contributed by atoms with van der Waals surface area (Å²) in [6.07, 6.45) is -1.22. The van der Waals surface area contributed by atoms with Crippen LogP contribution < -0.4 is 10.4 Å². The summed E-state index contributed by atoms with van der Waals surface area (Å²) in [5.41, 5.74) is -2.49. The fraction of sp³-hybridized carbons (Fsp3) is 0.0698. The van der Waals surface area contributed by atoms with Crippen molar-refractivity contribution in [1.29, 1.82) is 10.5 Å². The van der Waals surface area contributed by atoms with Crippen molar-refractivity contribution < 1.29 is 58.3 Å². The molecule has 0 saturated heterocycles. The third kappa shape index (κ3) is 8.53. The first-order chi connectivity index (χ1) is 29.4. The third-order valence-corrected chi connectivity index (χ3v) is 14.1. The Bertz CT molecular complexity index is 3330. The summed E-state index contributed by atoms with van der Waals surface area (Å²) in [6.45, 7) is 17.4. The number of allylic oxidation sites excluding steroid dienone is 3. The highest BCUT2D eigenvalue weighted by atomic mass is 32.5. The van der Waals surface area contributed by atoms with Gasteiger partial charge in [-0.15, -0.1) is 0 Å². The predicted octanol–water partition coefficient (Wildman–Crippen LogP) is 16.2. The number of hydrogen-bond acceptors (Lipinski definition) is 2. The first kappa shape index (κ1) is 46.3. The molecule has 4 nitrogen and oxygen atoms in total. The second-order valence-electron chi connectivity index (χ2n) is 15.0. The lowest BCUT2D eigenvalue weighted by atomic mass is 9.86. The minimum Gasteiger partial charge on any atom is -0.192 e. The highest BCUT2D eigenvalue weighted by molar-refractivity contribution is 8.46. The molecule has 2 aliphatic carbocycles. The van der Waals surface area contributed by atoms with Crippen LogP contribution in [-0.2, 0) is 12.8 Å². The van der Waals surface area contributed by atoms with E-state index in [0.29, 0.717) is 42.0 Å². The van der Waals surface area contributed by atoms with Crippen LogP contribution in [0.15, 0.2) is 134 Å². The number of aryl methyl sites for hydroxylation is 1. The maximum absolute atomic E-state index is 14.1. The molecule has 0 aromatic heterocycles. The Morgan fingerprint density at radius 3 is 1.06 bits per heavy atom. The third-order valence-electron chi connectivity index (χ3n) is 10.6. The molecular weight excluding hydrogens is 954 g/mol. The summed E-state index contributed by atoms with van der Waals surface area (Å²) in [4.78, 5) is -0.448. The molecule has 7 rings (SSSR count). The number of halogens is 15. The van der Waals surface area contributed by atoms with Crippen molar-refractivity contribution in [2.24, 2.45) is 0 Å². The average Bonchev–Trinajstić information content (AvgIpc) is 3.75. The van der Waals surface area contributed by atoms with Crippen LogP contribution in [0.4, 0.5) is 58.3 Å². The van der Waals surface area contributed by atoms with Gasteiger partial charge in [0.25, 0.3) is 0 Å². The topological polar surface area (TPSA) is 56.3 Å². The van der Waals surface area contributed by atoms with E-state index >= 15 is 0 Å². The molecule has 5 aromatic rings. The molecule has 0 heterocycles. The number of rotatable bonds is 7. The Morgan fingerprint density at radius 1 is 0.462 bits per heavy atom. The van der Waals surface area contributed by atoms with Crippen LogP contribution in [-0.4, -0.2) is 0 Å². The lowest BCUT2D eigenvalue weighted by molar-refractivity contribution is 0.360. The average molecular weight is 977 g/mol. The SMILES string of the molecule is [C-]#[N+]C([N+]#[C-])=C1Cc2c(-c3ccc(S(F)(F)(F)(F)F)cc3)c3c(c(-c4ccc(S(F)(F)(F)(F)F)cc4)c2=C1c1ccc(C)cc1)CC(=C(C#N)C#N)C=3c1ccc(S(F)(F)(F)(F)F)cc1. The molecule has 22 heteroatoms. The lowest BCUT2D eigenvalue weighted by Crippen LogP contribution is -2.25. The van der Waals surface area contributed by atoms with Gasteiger partial charge in [-0.25, -0.2) is 0 Å². The molecule has 0 unspecified atom stereocenters. The smallest absolute Gasteiger partial charge is 0.192 e. The van der Waals surface area contributed by atoms with E-state index in [0.717, 1.165) is 0 Å². The van der Waals surface area contributed by atoms with E-state index in [9.17, 15) is 68.8 Å². The molecule has 338 valence electrons. The predicted molar refractivity (Wildman–Crippen MR) is 219 cm³/mol. The van der Waals surface area contributed by atoms with Crippen molar-refractivity contribution in [2.45, 2.75) is 34.5 Å². The molecule has 0 fully saturated rings. The van der Waals surface area contributed by atoms with Crippen molar-refractivity contribution >= 4 is 41.8 Å². The van der Waals surface area contributed by atoms with Gasteiger partial charge in [0, 0.05) is 6.42 Å². The summed E-state index contributed by atoms with van der Waals surface area (Å²) in [5, 5.41) is 19.9. The Labute approximate surface area is 359 Å². The van der Waals surface area contributed by atoms with Gasteiger partial charge in [-0.1, -0.05) is 125 Å². The van der Waals surface area contributed by atoms with E-state index in [2.05, 4.69) is 9.69 Å². The number of fused-ring (bicyclic) bond motifs is 2. The molecule has 0 amide bonds. The molecule has 0 atom stereocenters. The van der Waals surface area contributed by atoms with E-state index < -0.39 is 80.7 Å².